The molecule has 2 heterocycles. The number of halogens is 1. The van der Waals surface area contributed by atoms with Crippen LogP contribution in [0.2, 0.25) is 4.34 Å². The maximum Gasteiger partial charge on any atom is 0.236 e. The van der Waals surface area contributed by atoms with Crippen molar-refractivity contribution >= 4 is 28.8 Å². The fourth-order valence-corrected chi connectivity index (χ4v) is 3.74. The summed E-state index contributed by atoms with van der Waals surface area (Å²) in [5.74, 6) is 0.166. The average Bonchev–Trinajstić information content (AvgIpc) is 3.09. The molecule has 118 valence electrons. The van der Waals surface area contributed by atoms with Crippen LogP contribution in [0.25, 0.3) is 0 Å². The van der Waals surface area contributed by atoms with Crippen molar-refractivity contribution in [2.24, 2.45) is 0 Å². The monoisotopic (exact) mass is 329 g/mol. The van der Waals surface area contributed by atoms with Gasteiger partial charge in [-0.25, -0.2) is 0 Å². The number of hydrogen-bond acceptors (Lipinski definition) is 4. The van der Waals surface area contributed by atoms with Crippen LogP contribution in [0.5, 0.6) is 0 Å². The first-order valence-corrected chi connectivity index (χ1v) is 8.72. The van der Waals surface area contributed by atoms with Gasteiger partial charge in [0.2, 0.25) is 5.91 Å². The summed E-state index contributed by atoms with van der Waals surface area (Å²) in [6, 6.07) is 4.40. The molecule has 1 amide bonds. The zero-order valence-electron chi connectivity index (χ0n) is 12.8. The zero-order chi connectivity index (χ0) is 15.2. The Morgan fingerprint density at radius 2 is 2.33 bits per heavy atom. The van der Waals surface area contributed by atoms with E-state index in [9.17, 15) is 4.79 Å². The molecule has 1 aromatic rings. The minimum atomic E-state index is 0.166. The molecule has 1 atom stereocenters. The highest BCUT2D eigenvalue weighted by atomic mass is 35.5. The molecule has 0 spiro atoms. The maximum absolute atomic E-state index is 12.3. The molecule has 1 aliphatic heterocycles. The van der Waals surface area contributed by atoms with Crippen molar-refractivity contribution in [1.82, 2.24) is 15.1 Å². The van der Waals surface area contributed by atoms with E-state index in [4.69, 9.17) is 11.6 Å². The summed E-state index contributed by atoms with van der Waals surface area (Å²) < 4.78 is 0.772. The van der Waals surface area contributed by atoms with Crippen molar-refractivity contribution in [2.75, 3.05) is 33.2 Å². The summed E-state index contributed by atoms with van der Waals surface area (Å²) in [5.41, 5.74) is 0. The van der Waals surface area contributed by atoms with Gasteiger partial charge in [-0.15, -0.1) is 11.3 Å². The Kier molecular flexibility index (Phi) is 6.48. The van der Waals surface area contributed by atoms with Crippen molar-refractivity contribution in [3.8, 4) is 0 Å². The van der Waals surface area contributed by atoms with Gasteiger partial charge in [0.15, 0.2) is 0 Å². The van der Waals surface area contributed by atoms with Crippen LogP contribution in [0.15, 0.2) is 12.1 Å². The van der Waals surface area contributed by atoms with Gasteiger partial charge in [0.1, 0.15) is 0 Å². The number of nitrogens with zero attached hydrogens (tertiary/aromatic N) is 2. The molecule has 1 fully saturated rings. The van der Waals surface area contributed by atoms with Crippen molar-refractivity contribution in [3.05, 3.63) is 21.3 Å². The second kappa shape index (κ2) is 8.13. The molecule has 0 bridgehead atoms. The average molecular weight is 330 g/mol. The first-order valence-electron chi connectivity index (χ1n) is 7.52. The van der Waals surface area contributed by atoms with Crippen LogP contribution < -0.4 is 5.32 Å². The Labute approximate surface area is 136 Å². The molecular weight excluding hydrogens is 306 g/mol. The number of nitrogens with one attached hydrogen (secondary N) is 1. The minimum Gasteiger partial charge on any atom is -0.340 e. The molecule has 0 radical (unpaired) electrons. The highest BCUT2D eigenvalue weighted by Gasteiger charge is 2.20. The van der Waals surface area contributed by atoms with E-state index in [0.29, 0.717) is 19.1 Å². The van der Waals surface area contributed by atoms with Gasteiger partial charge >= 0.3 is 0 Å². The lowest BCUT2D eigenvalue weighted by Crippen LogP contribution is -2.43. The van der Waals surface area contributed by atoms with E-state index in [1.165, 1.54) is 24.2 Å². The number of hydrogen-bond donors (Lipinski definition) is 1. The molecule has 1 N–H and O–H groups in total. The molecule has 6 heteroatoms. The van der Waals surface area contributed by atoms with Gasteiger partial charge in [0.25, 0.3) is 0 Å². The summed E-state index contributed by atoms with van der Waals surface area (Å²) in [4.78, 5) is 17.5. The predicted octanol–water partition coefficient (Wildman–Crippen LogP) is 2.43. The first-order chi connectivity index (χ1) is 10.1. The highest BCUT2D eigenvalue weighted by Crippen LogP contribution is 2.22. The van der Waals surface area contributed by atoms with E-state index in [1.54, 1.807) is 4.90 Å². The number of rotatable bonds is 7. The molecular formula is C15H24ClN3OS. The Morgan fingerprint density at radius 3 is 2.90 bits per heavy atom. The van der Waals surface area contributed by atoms with E-state index in [-0.39, 0.29) is 5.91 Å². The lowest BCUT2D eigenvalue weighted by Gasteiger charge is -2.26. The standard InChI is InChI=1S/C15H24ClN3OS/c1-3-19(9-12-5-4-8-17-12)11-15(20)18(2)10-13-6-7-14(16)21-13/h6-7,12,17H,3-5,8-11H2,1-2H3. The Balaban J connectivity index is 1.80. The van der Waals surface area contributed by atoms with Gasteiger partial charge in [-0.3, -0.25) is 9.69 Å². The van der Waals surface area contributed by atoms with Crippen LogP contribution in [0.4, 0.5) is 0 Å². The van der Waals surface area contributed by atoms with Crippen LogP contribution in [-0.2, 0) is 11.3 Å². The zero-order valence-corrected chi connectivity index (χ0v) is 14.3. The van der Waals surface area contributed by atoms with Gasteiger partial charge in [-0.2, -0.15) is 0 Å². The first kappa shape index (κ1) is 16.7. The summed E-state index contributed by atoms with van der Waals surface area (Å²) in [6.45, 7) is 6.21. The van der Waals surface area contributed by atoms with E-state index in [2.05, 4.69) is 17.1 Å². The van der Waals surface area contributed by atoms with Gasteiger partial charge < -0.3 is 10.2 Å². The number of thiophene rings is 1. The molecule has 1 unspecified atom stereocenters. The number of amides is 1. The third kappa shape index (κ3) is 5.25. The van der Waals surface area contributed by atoms with E-state index in [0.717, 1.165) is 28.8 Å². The van der Waals surface area contributed by atoms with Crippen LogP contribution >= 0.6 is 22.9 Å². The summed E-state index contributed by atoms with van der Waals surface area (Å²) in [6.07, 6.45) is 2.46. The largest absolute Gasteiger partial charge is 0.340 e. The summed E-state index contributed by atoms with van der Waals surface area (Å²) in [7, 11) is 1.86. The van der Waals surface area contributed by atoms with Gasteiger partial charge in [0.05, 0.1) is 17.4 Å². The fourth-order valence-electron chi connectivity index (χ4n) is 2.60. The number of likely N-dealkylation sites (N-methyl/N-ethyl adjacent to an activating group) is 2. The van der Waals surface area contributed by atoms with Gasteiger partial charge in [-0.05, 0) is 38.1 Å². The number of carbonyl (C=O) groups excluding carboxylic acids is 1. The quantitative estimate of drug-likeness (QED) is 0.834. The van der Waals surface area contributed by atoms with E-state index >= 15 is 0 Å². The van der Waals surface area contributed by atoms with E-state index < -0.39 is 0 Å². The Hall–Kier alpha value is -0.620. The minimum absolute atomic E-state index is 0.166. The summed E-state index contributed by atoms with van der Waals surface area (Å²) >= 11 is 7.46. The molecule has 0 aromatic carbocycles. The molecule has 0 aliphatic carbocycles. The van der Waals surface area contributed by atoms with Crippen molar-refractivity contribution in [3.63, 3.8) is 0 Å². The fraction of sp³-hybridized carbons (Fsp3) is 0.667. The van der Waals surface area contributed by atoms with Crippen LogP contribution in [0.1, 0.15) is 24.6 Å². The maximum atomic E-state index is 12.3. The molecule has 2 rings (SSSR count). The molecule has 21 heavy (non-hydrogen) atoms. The van der Waals surface area contributed by atoms with Crippen LogP contribution in [0.3, 0.4) is 0 Å². The lowest BCUT2D eigenvalue weighted by atomic mass is 10.2. The van der Waals surface area contributed by atoms with Crippen molar-refractivity contribution in [2.45, 2.75) is 32.4 Å². The predicted molar refractivity (Wildman–Crippen MR) is 88.9 cm³/mol. The van der Waals surface area contributed by atoms with Crippen LogP contribution in [-0.4, -0.2) is 55.0 Å². The van der Waals surface area contributed by atoms with Crippen LogP contribution in [0, 0.1) is 0 Å². The normalized spacial score (nSPS) is 18.4. The SMILES string of the molecule is CCN(CC(=O)N(C)Cc1ccc(Cl)s1)CC1CCCN1. The topological polar surface area (TPSA) is 35.6 Å². The molecule has 1 saturated heterocycles. The number of carbonyl (C=O) groups is 1. The Morgan fingerprint density at radius 1 is 1.52 bits per heavy atom. The lowest BCUT2D eigenvalue weighted by molar-refractivity contribution is -0.131. The third-order valence-corrected chi connectivity index (χ3v) is 5.11. The van der Waals surface area contributed by atoms with Gasteiger partial charge in [-0.1, -0.05) is 18.5 Å². The van der Waals surface area contributed by atoms with E-state index in [1.807, 2.05) is 19.2 Å². The van der Waals surface area contributed by atoms with Crippen molar-refractivity contribution < 1.29 is 4.79 Å². The highest BCUT2D eigenvalue weighted by molar-refractivity contribution is 7.16. The molecule has 4 nitrogen and oxygen atoms in total. The third-order valence-electron chi connectivity index (χ3n) is 3.89. The Bertz CT molecular complexity index is 460. The molecule has 1 aliphatic rings. The van der Waals surface area contributed by atoms with Gasteiger partial charge in [0, 0.05) is 24.5 Å². The van der Waals surface area contributed by atoms with Crippen molar-refractivity contribution in [1.29, 1.82) is 0 Å². The second-order valence-corrected chi connectivity index (χ2v) is 7.38. The molecule has 0 saturated carbocycles. The summed E-state index contributed by atoms with van der Waals surface area (Å²) in [5, 5.41) is 3.49. The smallest absolute Gasteiger partial charge is 0.236 e. The second-order valence-electron chi connectivity index (χ2n) is 5.58. The molecule has 1 aromatic heterocycles.